The van der Waals surface area contributed by atoms with Crippen LogP contribution in [0.15, 0.2) is 70.1 Å². The smallest absolute Gasteiger partial charge is 0.275 e. The van der Waals surface area contributed by atoms with Crippen LogP contribution >= 0.6 is 0 Å². The Morgan fingerprint density at radius 1 is 1.10 bits per heavy atom. The van der Waals surface area contributed by atoms with Gasteiger partial charge in [-0.1, -0.05) is 35.9 Å². The molecule has 2 heterocycles. The summed E-state index contributed by atoms with van der Waals surface area (Å²) in [7, 11) is 0. The van der Waals surface area contributed by atoms with Crippen molar-refractivity contribution in [2.75, 3.05) is 0 Å². The molecule has 4 aromatic rings. The van der Waals surface area contributed by atoms with Crippen molar-refractivity contribution in [3.8, 4) is 11.3 Å². The van der Waals surface area contributed by atoms with Crippen molar-refractivity contribution in [2.24, 2.45) is 0 Å². The lowest BCUT2D eigenvalue weighted by Crippen LogP contribution is -2.35. The molecule has 30 heavy (non-hydrogen) atoms. The molecule has 0 aliphatic carbocycles. The molecule has 1 N–H and O–H groups in total. The maximum Gasteiger partial charge on any atom is 0.275 e. The molecule has 152 valence electrons. The molecule has 6 heteroatoms. The summed E-state index contributed by atoms with van der Waals surface area (Å²) in [4.78, 5) is 25.6. The number of hydrogen-bond acceptors (Lipinski definition) is 4. The van der Waals surface area contributed by atoms with Gasteiger partial charge in [0.05, 0.1) is 23.4 Å². The summed E-state index contributed by atoms with van der Waals surface area (Å²) < 4.78 is 6.57. The first-order chi connectivity index (χ1) is 14.4. The number of rotatable bonds is 5. The average molecular weight is 401 g/mol. The largest absolute Gasteiger partial charge is 0.467 e. The monoisotopic (exact) mass is 401 g/mol. The van der Waals surface area contributed by atoms with E-state index in [0.717, 1.165) is 22.1 Å². The number of fused-ring (bicyclic) bond motifs is 1. The summed E-state index contributed by atoms with van der Waals surface area (Å²) in [6.45, 7) is 5.69. The number of amides is 1. The van der Waals surface area contributed by atoms with Gasteiger partial charge in [-0.15, -0.1) is 0 Å². The summed E-state index contributed by atoms with van der Waals surface area (Å²) >= 11 is 0. The van der Waals surface area contributed by atoms with Crippen molar-refractivity contribution in [2.45, 2.75) is 33.4 Å². The molecule has 2 aromatic heterocycles. The van der Waals surface area contributed by atoms with E-state index < -0.39 is 0 Å². The highest BCUT2D eigenvalue weighted by Gasteiger charge is 2.17. The summed E-state index contributed by atoms with van der Waals surface area (Å²) in [6, 6.07) is 16.8. The minimum absolute atomic E-state index is 0.174. The van der Waals surface area contributed by atoms with Crippen LogP contribution < -0.4 is 10.9 Å². The van der Waals surface area contributed by atoms with Crippen LogP contribution in [-0.4, -0.2) is 15.7 Å². The molecule has 0 saturated heterocycles. The van der Waals surface area contributed by atoms with E-state index in [2.05, 4.69) is 16.5 Å². The van der Waals surface area contributed by atoms with Crippen LogP contribution in [0, 0.1) is 13.8 Å². The normalized spacial score (nSPS) is 12.1. The number of carbonyl (C=O) groups is 1. The quantitative estimate of drug-likeness (QED) is 0.545. The van der Waals surface area contributed by atoms with E-state index in [1.54, 1.807) is 24.5 Å². The second-order valence-corrected chi connectivity index (χ2v) is 7.48. The molecule has 6 nitrogen and oxygen atoms in total. The lowest BCUT2D eigenvalue weighted by atomic mass is 9.99. The third-order valence-corrected chi connectivity index (χ3v) is 5.16. The zero-order valence-corrected chi connectivity index (χ0v) is 17.2. The minimum atomic E-state index is -0.310. The molecule has 0 radical (unpaired) electrons. The standard InChI is InChI=1S/C24H23N3O3/c1-15-10-11-16(2)20(13-15)23-18-7-4-5-8-19(18)24(29)27(26-23)14-22(28)25-17(3)21-9-6-12-30-21/h4-13,17H,14H2,1-3H3,(H,25,28). The third-order valence-electron chi connectivity index (χ3n) is 5.16. The highest BCUT2D eigenvalue weighted by molar-refractivity contribution is 5.94. The topological polar surface area (TPSA) is 77.1 Å². The molecule has 1 atom stereocenters. The van der Waals surface area contributed by atoms with Crippen molar-refractivity contribution in [1.29, 1.82) is 0 Å². The lowest BCUT2D eigenvalue weighted by Gasteiger charge is -2.15. The number of carbonyl (C=O) groups excluding carboxylic acids is 1. The van der Waals surface area contributed by atoms with Crippen molar-refractivity contribution in [1.82, 2.24) is 15.1 Å². The fraction of sp³-hybridized carbons (Fsp3) is 0.208. The van der Waals surface area contributed by atoms with Gasteiger partial charge in [0.25, 0.3) is 5.56 Å². The molecule has 0 fully saturated rings. The minimum Gasteiger partial charge on any atom is -0.467 e. The van der Waals surface area contributed by atoms with Crippen LogP contribution in [0.1, 0.15) is 29.9 Å². The maximum atomic E-state index is 13.0. The van der Waals surface area contributed by atoms with Gasteiger partial charge in [-0.25, -0.2) is 4.68 Å². The molecule has 0 spiro atoms. The van der Waals surface area contributed by atoms with Crippen LogP contribution in [0.3, 0.4) is 0 Å². The van der Waals surface area contributed by atoms with Crippen molar-refractivity contribution >= 4 is 16.7 Å². The third kappa shape index (κ3) is 3.76. The first kappa shape index (κ1) is 19.6. The zero-order chi connectivity index (χ0) is 21.3. The number of hydrogen-bond donors (Lipinski definition) is 1. The van der Waals surface area contributed by atoms with Gasteiger partial charge in [-0.3, -0.25) is 9.59 Å². The Balaban J connectivity index is 1.75. The van der Waals surface area contributed by atoms with Gasteiger partial charge in [0, 0.05) is 10.9 Å². The summed E-state index contributed by atoms with van der Waals surface area (Å²) in [6.07, 6.45) is 1.56. The van der Waals surface area contributed by atoms with Crippen molar-refractivity contribution in [3.05, 3.63) is 88.1 Å². The van der Waals surface area contributed by atoms with Gasteiger partial charge in [0.2, 0.25) is 5.91 Å². The number of furan rings is 1. The van der Waals surface area contributed by atoms with Gasteiger partial charge in [0.15, 0.2) is 0 Å². The Hall–Kier alpha value is -3.67. The zero-order valence-electron chi connectivity index (χ0n) is 17.2. The van der Waals surface area contributed by atoms with Crippen LogP contribution in [0.25, 0.3) is 22.0 Å². The second-order valence-electron chi connectivity index (χ2n) is 7.48. The number of benzene rings is 2. The molecule has 1 unspecified atom stereocenters. The molecule has 1 amide bonds. The molecule has 0 bridgehead atoms. The Morgan fingerprint density at radius 3 is 2.60 bits per heavy atom. The molecule has 0 aliphatic rings. The van der Waals surface area contributed by atoms with Gasteiger partial charge < -0.3 is 9.73 Å². The van der Waals surface area contributed by atoms with E-state index in [1.165, 1.54) is 4.68 Å². The first-order valence-electron chi connectivity index (χ1n) is 9.84. The van der Waals surface area contributed by atoms with Gasteiger partial charge in [0.1, 0.15) is 12.3 Å². The Kier molecular flexibility index (Phi) is 5.23. The molecular formula is C24H23N3O3. The summed E-state index contributed by atoms with van der Waals surface area (Å²) in [5.41, 5.74) is 3.51. The fourth-order valence-corrected chi connectivity index (χ4v) is 3.56. The molecule has 0 aliphatic heterocycles. The van der Waals surface area contributed by atoms with E-state index >= 15 is 0 Å². The van der Waals surface area contributed by atoms with E-state index in [9.17, 15) is 9.59 Å². The van der Waals surface area contributed by atoms with E-state index in [1.807, 2.05) is 51.1 Å². The summed E-state index contributed by atoms with van der Waals surface area (Å²) in [5, 5.41) is 8.77. The highest BCUT2D eigenvalue weighted by atomic mass is 16.3. The lowest BCUT2D eigenvalue weighted by molar-refractivity contribution is -0.122. The number of nitrogens with zero attached hydrogens (tertiary/aromatic N) is 2. The average Bonchev–Trinajstić information content (AvgIpc) is 3.27. The van der Waals surface area contributed by atoms with Crippen LogP contribution in [0.5, 0.6) is 0 Å². The number of aryl methyl sites for hydroxylation is 2. The van der Waals surface area contributed by atoms with Crippen molar-refractivity contribution in [3.63, 3.8) is 0 Å². The van der Waals surface area contributed by atoms with Crippen LogP contribution in [0.4, 0.5) is 0 Å². The SMILES string of the molecule is Cc1ccc(C)c(-c2nn(CC(=O)NC(C)c3ccco3)c(=O)c3ccccc23)c1. The van der Waals surface area contributed by atoms with Gasteiger partial charge in [-0.2, -0.15) is 5.10 Å². The van der Waals surface area contributed by atoms with E-state index in [0.29, 0.717) is 16.8 Å². The molecule has 2 aromatic carbocycles. The van der Waals surface area contributed by atoms with Crippen molar-refractivity contribution < 1.29 is 9.21 Å². The number of aromatic nitrogens is 2. The predicted octanol–water partition coefficient (Wildman–Crippen LogP) is 4.15. The Labute approximate surface area is 174 Å². The fourth-order valence-electron chi connectivity index (χ4n) is 3.56. The van der Waals surface area contributed by atoms with E-state index in [4.69, 9.17) is 4.42 Å². The molecule has 4 rings (SSSR count). The second kappa shape index (κ2) is 7.99. The van der Waals surface area contributed by atoms with E-state index in [-0.39, 0.29) is 24.1 Å². The van der Waals surface area contributed by atoms with Gasteiger partial charge >= 0.3 is 0 Å². The Morgan fingerprint density at radius 2 is 1.87 bits per heavy atom. The molecule has 0 saturated carbocycles. The molecular weight excluding hydrogens is 378 g/mol. The first-order valence-corrected chi connectivity index (χ1v) is 9.84. The highest BCUT2D eigenvalue weighted by Crippen LogP contribution is 2.28. The summed E-state index contributed by atoms with van der Waals surface area (Å²) in [5.74, 6) is 0.342. The van der Waals surface area contributed by atoms with Crippen LogP contribution in [-0.2, 0) is 11.3 Å². The van der Waals surface area contributed by atoms with Crippen LogP contribution in [0.2, 0.25) is 0 Å². The Bertz CT molecular complexity index is 1270. The maximum absolute atomic E-state index is 13.0. The number of nitrogens with one attached hydrogen (secondary N) is 1. The predicted molar refractivity (Wildman–Crippen MR) is 116 cm³/mol. The van der Waals surface area contributed by atoms with Gasteiger partial charge in [-0.05, 0) is 50.6 Å².